The molecule has 7 heteroatoms. The van der Waals surface area contributed by atoms with Gasteiger partial charge in [-0.05, 0) is 41.5 Å². The molecule has 0 spiro atoms. The molecular weight excluding hydrogens is 385 g/mol. The molecule has 0 radical (unpaired) electrons. The summed E-state index contributed by atoms with van der Waals surface area (Å²) in [6.07, 6.45) is 3.76. The number of nitrogens with one attached hydrogen (secondary N) is 1. The van der Waals surface area contributed by atoms with E-state index >= 15 is 0 Å². The lowest BCUT2D eigenvalue weighted by Crippen LogP contribution is -2.41. The van der Waals surface area contributed by atoms with Crippen LogP contribution >= 0.6 is 0 Å². The smallest absolute Gasteiger partial charge is 0.317 e. The van der Waals surface area contributed by atoms with Crippen LogP contribution in [0.25, 0.3) is 27.7 Å². The summed E-state index contributed by atoms with van der Waals surface area (Å²) in [5.41, 5.74) is 4.00. The van der Waals surface area contributed by atoms with E-state index in [1.165, 1.54) is 12.1 Å². The second-order valence-electron chi connectivity index (χ2n) is 8.21. The van der Waals surface area contributed by atoms with Gasteiger partial charge in [-0.1, -0.05) is 19.9 Å². The van der Waals surface area contributed by atoms with Crippen molar-refractivity contribution in [1.82, 2.24) is 14.9 Å². The van der Waals surface area contributed by atoms with Crippen molar-refractivity contribution < 1.29 is 19.0 Å². The van der Waals surface area contributed by atoms with Gasteiger partial charge in [0.15, 0.2) is 0 Å². The van der Waals surface area contributed by atoms with Gasteiger partial charge in [-0.25, -0.2) is 9.37 Å². The largest absolute Gasteiger partial charge is 0.496 e. The SMILES string of the molecule is COc1ccc(F)cc1-c1ccnc2[nH]c(C3=CCN(CC(=O)O)CC3(C)C)cc12. The summed E-state index contributed by atoms with van der Waals surface area (Å²) < 4.78 is 19.4. The fraction of sp³-hybridized carbons (Fsp3) is 0.304. The van der Waals surface area contributed by atoms with Gasteiger partial charge in [0.2, 0.25) is 0 Å². The lowest BCUT2D eigenvalue weighted by Gasteiger charge is -2.37. The van der Waals surface area contributed by atoms with Gasteiger partial charge in [-0.15, -0.1) is 0 Å². The van der Waals surface area contributed by atoms with Gasteiger partial charge in [0, 0.05) is 41.3 Å². The van der Waals surface area contributed by atoms with Crippen molar-refractivity contribution in [3.8, 4) is 16.9 Å². The van der Waals surface area contributed by atoms with Crippen LogP contribution in [0.4, 0.5) is 4.39 Å². The standard InChI is InChI=1S/C23H24FN3O3/c1-23(2)13-27(12-21(28)29)9-7-18(23)19-11-17-15(6-8-25-22(17)26-19)16-10-14(24)4-5-20(16)30-3/h4-8,10-11H,9,12-13H2,1-3H3,(H,25,26)(H,28,29). The van der Waals surface area contributed by atoms with E-state index in [4.69, 9.17) is 9.84 Å². The van der Waals surface area contributed by atoms with E-state index in [1.54, 1.807) is 19.4 Å². The highest BCUT2D eigenvalue weighted by molar-refractivity contribution is 5.97. The third-order valence-corrected chi connectivity index (χ3v) is 5.53. The average molecular weight is 409 g/mol. The molecule has 0 fully saturated rings. The Morgan fingerprint density at radius 3 is 2.80 bits per heavy atom. The molecule has 3 aromatic rings. The van der Waals surface area contributed by atoms with E-state index in [2.05, 4.69) is 29.9 Å². The molecule has 0 atom stereocenters. The number of hydrogen-bond donors (Lipinski definition) is 2. The number of nitrogens with zero attached hydrogens (tertiary/aromatic N) is 2. The Morgan fingerprint density at radius 1 is 1.30 bits per heavy atom. The molecule has 1 aliphatic rings. The summed E-state index contributed by atoms with van der Waals surface area (Å²) in [7, 11) is 1.57. The number of aromatic nitrogens is 2. The molecular formula is C23H24FN3O3. The van der Waals surface area contributed by atoms with Gasteiger partial charge in [-0.2, -0.15) is 0 Å². The minimum absolute atomic E-state index is 0.0188. The lowest BCUT2D eigenvalue weighted by molar-refractivity contribution is -0.138. The van der Waals surface area contributed by atoms with Gasteiger partial charge in [0.25, 0.3) is 0 Å². The number of pyridine rings is 1. The molecule has 0 saturated carbocycles. The van der Waals surface area contributed by atoms with Gasteiger partial charge in [0.05, 0.1) is 13.7 Å². The highest BCUT2D eigenvalue weighted by atomic mass is 19.1. The van der Waals surface area contributed by atoms with E-state index in [1.807, 2.05) is 17.0 Å². The third kappa shape index (κ3) is 3.68. The number of methoxy groups -OCH3 is 1. The molecule has 30 heavy (non-hydrogen) atoms. The number of fused-ring (bicyclic) bond motifs is 1. The summed E-state index contributed by atoms with van der Waals surface area (Å²) in [5.74, 6) is -0.569. The summed E-state index contributed by atoms with van der Waals surface area (Å²) in [6, 6.07) is 8.35. The van der Waals surface area contributed by atoms with Crippen molar-refractivity contribution in [3.05, 3.63) is 54.1 Å². The maximum absolute atomic E-state index is 14.0. The topological polar surface area (TPSA) is 78.5 Å². The second-order valence-corrected chi connectivity index (χ2v) is 8.21. The molecule has 0 saturated heterocycles. The van der Waals surface area contributed by atoms with Crippen molar-refractivity contribution >= 4 is 22.6 Å². The maximum atomic E-state index is 14.0. The van der Waals surface area contributed by atoms with Crippen LogP contribution in [0.2, 0.25) is 0 Å². The summed E-state index contributed by atoms with van der Waals surface area (Å²) in [4.78, 5) is 20.8. The first-order valence-electron chi connectivity index (χ1n) is 9.75. The lowest BCUT2D eigenvalue weighted by atomic mass is 9.79. The number of benzene rings is 1. The molecule has 4 rings (SSSR count). The first-order valence-corrected chi connectivity index (χ1v) is 9.75. The van der Waals surface area contributed by atoms with Crippen LogP contribution in [0.15, 0.2) is 42.6 Å². The van der Waals surface area contributed by atoms with Crippen molar-refractivity contribution in [2.45, 2.75) is 13.8 Å². The molecule has 156 valence electrons. The number of rotatable bonds is 5. The second kappa shape index (κ2) is 7.57. The molecule has 6 nitrogen and oxygen atoms in total. The normalized spacial score (nSPS) is 16.5. The Morgan fingerprint density at radius 2 is 2.10 bits per heavy atom. The van der Waals surface area contributed by atoms with Gasteiger partial charge in [0.1, 0.15) is 17.2 Å². The Bertz CT molecular complexity index is 1150. The van der Waals surface area contributed by atoms with Crippen LogP contribution < -0.4 is 4.74 Å². The number of ether oxygens (including phenoxy) is 1. The molecule has 0 amide bonds. The first kappa shape index (κ1) is 20.1. The summed E-state index contributed by atoms with van der Waals surface area (Å²) in [5, 5.41) is 9.98. The zero-order valence-corrected chi connectivity index (χ0v) is 17.2. The number of hydrogen-bond acceptors (Lipinski definition) is 4. The van der Waals surface area contributed by atoms with Crippen LogP contribution in [0.3, 0.4) is 0 Å². The predicted molar refractivity (Wildman–Crippen MR) is 114 cm³/mol. The summed E-state index contributed by atoms with van der Waals surface area (Å²) >= 11 is 0. The molecule has 2 aromatic heterocycles. The van der Waals surface area contributed by atoms with Crippen molar-refractivity contribution in [3.63, 3.8) is 0 Å². The highest BCUT2D eigenvalue weighted by Gasteiger charge is 2.32. The Balaban J connectivity index is 1.79. The molecule has 0 aliphatic carbocycles. The number of carbonyl (C=O) groups is 1. The molecule has 2 N–H and O–H groups in total. The third-order valence-electron chi connectivity index (χ3n) is 5.53. The Kier molecular flexibility index (Phi) is 5.07. The Labute approximate surface area is 174 Å². The summed E-state index contributed by atoms with van der Waals surface area (Å²) in [6.45, 7) is 5.42. The van der Waals surface area contributed by atoms with Crippen molar-refractivity contribution in [2.24, 2.45) is 5.41 Å². The van der Waals surface area contributed by atoms with Crippen molar-refractivity contribution in [2.75, 3.05) is 26.7 Å². The fourth-order valence-corrected chi connectivity index (χ4v) is 4.29. The number of halogens is 1. The predicted octanol–water partition coefficient (Wildman–Crippen LogP) is 4.19. The monoisotopic (exact) mass is 409 g/mol. The van der Waals surface area contributed by atoms with Gasteiger partial charge >= 0.3 is 5.97 Å². The molecule has 0 unspecified atom stereocenters. The Hall–Kier alpha value is -3.19. The quantitative estimate of drug-likeness (QED) is 0.661. The number of aliphatic carboxylic acids is 1. The number of aromatic amines is 1. The van der Waals surface area contributed by atoms with Gasteiger partial charge < -0.3 is 14.8 Å². The van der Waals surface area contributed by atoms with Crippen LogP contribution in [-0.4, -0.2) is 52.7 Å². The van der Waals surface area contributed by atoms with Crippen LogP contribution in [-0.2, 0) is 4.79 Å². The van der Waals surface area contributed by atoms with Crippen LogP contribution in [0, 0.1) is 11.2 Å². The number of carboxylic acid groups (broad SMARTS) is 1. The maximum Gasteiger partial charge on any atom is 0.317 e. The van der Waals surface area contributed by atoms with E-state index in [0.717, 1.165) is 22.2 Å². The first-order chi connectivity index (χ1) is 14.3. The van der Waals surface area contributed by atoms with E-state index in [0.29, 0.717) is 30.0 Å². The zero-order valence-electron chi connectivity index (χ0n) is 17.2. The fourth-order valence-electron chi connectivity index (χ4n) is 4.29. The van der Waals surface area contributed by atoms with E-state index in [9.17, 15) is 9.18 Å². The molecule has 3 heterocycles. The van der Waals surface area contributed by atoms with Crippen molar-refractivity contribution in [1.29, 1.82) is 0 Å². The minimum Gasteiger partial charge on any atom is -0.496 e. The minimum atomic E-state index is -0.828. The molecule has 1 aromatic carbocycles. The number of H-pyrrole nitrogens is 1. The van der Waals surface area contributed by atoms with Crippen LogP contribution in [0.5, 0.6) is 5.75 Å². The molecule has 0 bridgehead atoms. The highest BCUT2D eigenvalue weighted by Crippen LogP contribution is 2.41. The van der Waals surface area contributed by atoms with E-state index < -0.39 is 5.97 Å². The van der Waals surface area contributed by atoms with Crippen LogP contribution in [0.1, 0.15) is 19.5 Å². The van der Waals surface area contributed by atoms with Gasteiger partial charge in [-0.3, -0.25) is 9.69 Å². The number of carboxylic acids is 1. The average Bonchev–Trinajstić information content (AvgIpc) is 3.10. The molecule has 1 aliphatic heterocycles. The van der Waals surface area contributed by atoms with E-state index in [-0.39, 0.29) is 17.8 Å². The zero-order chi connectivity index (χ0) is 21.5.